The van der Waals surface area contributed by atoms with E-state index in [4.69, 9.17) is 9.47 Å². The molecule has 25 heavy (non-hydrogen) atoms. The highest BCUT2D eigenvalue weighted by Crippen LogP contribution is 2.32. The minimum absolute atomic E-state index is 0.214. The Morgan fingerprint density at radius 1 is 1.12 bits per heavy atom. The average molecular weight is 350 g/mol. The highest BCUT2D eigenvalue weighted by molar-refractivity contribution is 7.22. The number of anilines is 1. The third-order valence-electron chi connectivity index (χ3n) is 3.57. The van der Waals surface area contributed by atoms with E-state index in [1.165, 1.54) is 17.4 Å². The lowest BCUT2D eigenvalue weighted by molar-refractivity contribution is -0.111. The van der Waals surface area contributed by atoms with Gasteiger partial charge in [0.2, 0.25) is 12.7 Å². The van der Waals surface area contributed by atoms with Gasteiger partial charge in [0.05, 0.1) is 10.2 Å². The van der Waals surface area contributed by atoms with Gasteiger partial charge in [-0.25, -0.2) is 4.98 Å². The smallest absolute Gasteiger partial charge is 0.250 e. The number of para-hydroxylation sites is 1. The van der Waals surface area contributed by atoms with Gasteiger partial charge in [0.25, 0.3) is 0 Å². The van der Waals surface area contributed by atoms with Crippen LogP contribution in [0.4, 0.5) is 5.13 Å². The van der Waals surface area contributed by atoms with E-state index in [9.17, 15) is 4.79 Å². The average Bonchev–Trinajstić information content (AvgIpc) is 3.24. The molecule has 0 saturated heterocycles. The molecule has 1 aliphatic heterocycles. The zero-order chi connectivity index (χ0) is 17.1. The second-order valence-corrected chi connectivity index (χ2v) is 6.34. The highest BCUT2D eigenvalue weighted by Gasteiger charge is 2.12. The Labute approximate surface area is 148 Å². The number of thiazole rings is 1. The van der Waals surface area contributed by atoms with Gasteiger partial charge >= 0.3 is 0 Å². The minimum atomic E-state index is -0.214. The molecule has 2 heterocycles. The third-order valence-corrected chi connectivity index (χ3v) is 4.52. The van der Waals surface area contributed by atoms with Gasteiger partial charge in [-0.15, -0.1) is 0 Å². The molecular formula is C19H14N2O3S. The summed E-state index contributed by atoms with van der Waals surface area (Å²) in [5.74, 6) is 1.28. The Kier molecular flexibility index (Phi) is 4.18. The van der Waals surface area contributed by atoms with E-state index in [2.05, 4.69) is 10.3 Å². The number of amides is 1. The van der Waals surface area contributed by atoms with Crippen LogP contribution >= 0.6 is 11.3 Å². The molecule has 0 atom stereocenters. The number of ether oxygens (including phenoxy) is 2. The topological polar surface area (TPSA) is 60.5 Å². The molecule has 0 spiro atoms. The van der Waals surface area contributed by atoms with Crippen molar-refractivity contribution in [3.8, 4) is 11.5 Å². The zero-order valence-electron chi connectivity index (χ0n) is 13.1. The number of fused-ring (bicyclic) bond motifs is 2. The maximum Gasteiger partial charge on any atom is 0.250 e. The molecule has 3 aromatic rings. The number of hydrogen-bond acceptors (Lipinski definition) is 5. The van der Waals surface area contributed by atoms with Crippen molar-refractivity contribution in [2.75, 3.05) is 12.1 Å². The molecule has 2 aromatic carbocycles. The maximum atomic E-state index is 12.0. The Hall–Kier alpha value is -3.12. The summed E-state index contributed by atoms with van der Waals surface area (Å²) in [7, 11) is 0. The van der Waals surface area contributed by atoms with Crippen LogP contribution in [-0.2, 0) is 4.79 Å². The van der Waals surface area contributed by atoms with Gasteiger partial charge in [-0.05, 0) is 29.8 Å². The van der Waals surface area contributed by atoms with Gasteiger partial charge < -0.3 is 9.47 Å². The van der Waals surface area contributed by atoms with E-state index in [-0.39, 0.29) is 12.7 Å². The molecule has 124 valence electrons. The largest absolute Gasteiger partial charge is 0.454 e. The first kappa shape index (κ1) is 15.4. The van der Waals surface area contributed by atoms with Crippen LogP contribution in [0.15, 0.2) is 60.7 Å². The van der Waals surface area contributed by atoms with Crippen LogP contribution in [0.1, 0.15) is 5.56 Å². The van der Waals surface area contributed by atoms with Gasteiger partial charge in [0.15, 0.2) is 16.6 Å². The Bertz CT molecular complexity index is 958. The van der Waals surface area contributed by atoms with Crippen molar-refractivity contribution in [2.45, 2.75) is 0 Å². The Morgan fingerprint density at radius 2 is 2.00 bits per heavy atom. The molecule has 1 amide bonds. The molecule has 1 aromatic heterocycles. The number of nitrogens with one attached hydrogen (secondary N) is 1. The highest BCUT2D eigenvalue weighted by atomic mass is 32.1. The van der Waals surface area contributed by atoms with E-state index in [0.29, 0.717) is 5.13 Å². The van der Waals surface area contributed by atoms with Crippen molar-refractivity contribution in [1.82, 2.24) is 4.98 Å². The third kappa shape index (κ3) is 3.54. The van der Waals surface area contributed by atoms with Crippen molar-refractivity contribution in [2.24, 2.45) is 0 Å². The van der Waals surface area contributed by atoms with Crippen molar-refractivity contribution >= 4 is 38.7 Å². The van der Waals surface area contributed by atoms with Gasteiger partial charge in [-0.2, -0.15) is 0 Å². The maximum absolute atomic E-state index is 12.0. The first-order valence-electron chi connectivity index (χ1n) is 7.69. The SMILES string of the molecule is O=C(/C=C/C=C/c1ccc2c(c1)OCO2)Nc1nc2ccccc2s1. The zero-order valence-corrected chi connectivity index (χ0v) is 14.0. The molecular weight excluding hydrogens is 336 g/mol. The van der Waals surface area contributed by atoms with Crippen molar-refractivity contribution in [1.29, 1.82) is 0 Å². The molecule has 5 nitrogen and oxygen atoms in total. The number of benzene rings is 2. The predicted octanol–water partition coefficient (Wildman–Crippen LogP) is 4.23. The van der Waals surface area contributed by atoms with Crippen LogP contribution in [0, 0.1) is 0 Å². The number of aromatic nitrogens is 1. The number of carbonyl (C=O) groups is 1. The molecule has 1 N–H and O–H groups in total. The van der Waals surface area contributed by atoms with Crippen LogP contribution in [0.5, 0.6) is 11.5 Å². The summed E-state index contributed by atoms with van der Waals surface area (Å²) < 4.78 is 11.6. The van der Waals surface area contributed by atoms with E-state index in [1.807, 2.05) is 48.5 Å². The van der Waals surface area contributed by atoms with Gasteiger partial charge in [-0.1, -0.05) is 47.8 Å². The van der Waals surface area contributed by atoms with Crippen LogP contribution in [-0.4, -0.2) is 17.7 Å². The monoisotopic (exact) mass is 350 g/mol. The summed E-state index contributed by atoms with van der Waals surface area (Å²) in [5, 5.41) is 3.37. The normalized spacial score (nSPS) is 13.1. The second-order valence-electron chi connectivity index (χ2n) is 5.31. The first-order valence-corrected chi connectivity index (χ1v) is 8.50. The first-order chi connectivity index (χ1) is 12.3. The Balaban J connectivity index is 1.37. The molecule has 0 saturated carbocycles. The fourth-order valence-corrected chi connectivity index (χ4v) is 3.27. The summed E-state index contributed by atoms with van der Waals surface area (Å²) in [4.78, 5) is 16.3. The number of carbonyl (C=O) groups excluding carboxylic acids is 1. The van der Waals surface area contributed by atoms with Crippen LogP contribution < -0.4 is 14.8 Å². The van der Waals surface area contributed by atoms with Gasteiger partial charge in [0, 0.05) is 6.08 Å². The Morgan fingerprint density at radius 3 is 2.92 bits per heavy atom. The molecule has 0 unspecified atom stereocenters. The molecule has 6 heteroatoms. The molecule has 1 aliphatic rings. The fraction of sp³-hybridized carbons (Fsp3) is 0.0526. The molecule has 0 bridgehead atoms. The molecule has 0 radical (unpaired) electrons. The van der Waals surface area contributed by atoms with Crippen LogP contribution in [0.2, 0.25) is 0 Å². The summed E-state index contributed by atoms with van der Waals surface area (Å²) in [6.45, 7) is 0.258. The van der Waals surface area contributed by atoms with Crippen LogP contribution in [0.3, 0.4) is 0 Å². The standard InChI is InChI=1S/C19H14N2O3S/c22-18(21-19-20-14-6-2-3-7-17(14)25-19)8-4-1-5-13-9-10-15-16(11-13)24-12-23-15/h1-11H,12H2,(H,20,21,22)/b5-1+,8-4+. The number of hydrogen-bond donors (Lipinski definition) is 1. The summed E-state index contributed by atoms with van der Waals surface area (Å²) in [6, 6.07) is 13.5. The lowest BCUT2D eigenvalue weighted by Gasteiger charge is -1.97. The summed E-state index contributed by atoms with van der Waals surface area (Å²) in [6.07, 6.45) is 6.85. The predicted molar refractivity (Wildman–Crippen MR) is 99.0 cm³/mol. The van der Waals surface area contributed by atoms with Crippen molar-refractivity contribution < 1.29 is 14.3 Å². The summed E-state index contributed by atoms with van der Waals surface area (Å²) >= 11 is 1.45. The van der Waals surface area contributed by atoms with E-state index in [0.717, 1.165) is 27.3 Å². The van der Waals surface area contributed by atoms with E-state index < -0.39 is 0 Å². The minimum Gasteiger partial charge on any atom is -0.454 e. The van der Waals surface area contributed by atoms with Crippen molar-refractivity contribution in [3.05, 3.63) is 66.3 Å². The number of allylic oxidation sites excluding steroid dienone is 2. The second kappa shape index (κ2) is 6.78. The number of rotatable bonds is 4. The fourth-order valence-electron chi connectivity index (χ4n) is 2.40. The quantitative estimate of drug-likeness (QED) is 0.565. The van der Waals surface area contributed by atoms with E-state index in [1.54, 1.807) is 12.2 Å². The van der Waals surface area contributed by atoms with Gasteiger partial charge in [-0.3, -0.25) is 10.1 Å². The van der Waals surface area contributed by atoms with Gasteiger partial charge in [0.1, 0.15) is 0 Å². The van der Waals surface area contributed by atoms with Crippen LogP contribution in [0.25, 0.3) is 16.3 Å². The number of nitrogens with zero attached hydrogens (tertiary/aromatic N) is 1. The molecule has 0 aliphatic carbocycles. The molecule has 0 fully saturated rings. The van der Waals surface area contributed by atoms with E-state index >= 15 is 0 Å². The lowest BCUT2D eigenvalue weighted by Crippen LogP contribution is -2.06. The summed E-state index contributed by atoms with van der Waals surface area (Å²) in [5.41, 5.74) is 1.86. The molecule has 4 rings (SSSR count). The van der Waals surface area contributed by atoms with Crippen molar-refractivity contribution in [3.63, 3.8) is 0 Å². The lowest BCUT2D eigenvalue weighted by atomic mass is 10.2.